The molecule has 0 bridgehead atoms. The Labute approximate surface area is 162 Å². The minimum atomic E-state index is -0.410. The van der Waals surface area contributed by atoms with E-state index in [1.165, 1.54) is 0 Å². The summed E-state index contributed by atoms with van der Waals surface area (Å²) >= 11 is 3.35. The van der Waals surface area contributed by atoms with E-state index in [4.69, 9.17) is 0 Å². The number of hydrogen-bond acceptors (Lipinski definition) is 3. The summed E-state index contributed by atoms with van der Waals surface area (Å²) in [5.74, 6) is -0.433. The monoisotopic (exact) mass is 417 g/mol. The van der Waals surface area contributed by atoms with Gasteiger partial charge in [-0.15, -0.1) is 0 Å². The molecular formula is C20H24BrN3O2. The second-order valence-corrected chi connectivity index (χ2v) is 6.72. The van der Waals surface area contributed by atoms with Gasteiger partial charge < -0.3 is 10.6 Å². The molecule has 2 aromatic carbocycles. The van der Waals surface area contributed by atoms with Crippen LogP contribution >= 0.6 is 15.9 Å². The first-order chi connectivity index (χ1) is 12.5. The number of rotatable bonds is 8. The van der Waals surface area contributed by atoms with Crippen LogP contribution in [0, 0.1) is 0 Å². The maximum atomic E-state index is 12.8. The van der Waals surface area contributed by atoms with Crippen molar-refractivity contribution >= 4 is 33.4 Å². The molecule has 1 unspecified atom stereocenters. The summed E-state index contributed by atoms with van der Waals surface area (Å²) in [4.78, 5) is 27.0. The van der Waals surface area contributed by atoms with Crippen molar-refractivity contribution in [2.75, 3.05) is 25.0 Å². The normalized spacial score (nSPS) is 11.8. The fourth-order valence-electron chi connectivity index (χ4n) is 2.75. The third kappa shape index (κ3) is 5.68. The molecule has 0 spiro atoms. The van der Waals surface area contributed by atoms with Crippen LogP contribution in [0.4, 0.5) is 5.69 Å². The first kappa shape index (κ1) is 20.1. The fourth-order valence-corrected chi connectivity index (χ4v) is 3.02. The van der Waals surface area contributed by atoms with Crippen molar-refractivity contribution in [3.63, 3.8) is 0 Å². The van der Waals surface area contributed by atoms with Crippen molar-refractivity contribution < 1.29 is 9.59 Å². The number of anilines is 1. The molecule has 0 aliphatic heterocycles. The Balaban J connectivity index is 2.00. The number of likely N-dealkylation sites (N-methyl/N-ethyl adjacent to an activating group) is 1. The van der Waals surface area contributed by atoms with Gasteiger partial charge in [0.2, 0.25) is 11.8 Å². The summed E-state index contributed by atoms with van der Waals surface area (Å²) in [5, 5.41) is 5.53. The van der Waals surface area contributed by atoms with Crippen LogP contribution in [0.2, 0.25) is 0 Å². The van der Waals surface area contributed by atoms with Gasteiger partial charge in [-0.3, -0.25) is 14.5 Å². The van der Waals surface area contributed by atoms with E-state index >= 15 is 0 Å². The van der Waals surface area contributed by atoms with Gasteiger partial charge in [-0.05, 0) is 42.9 Å². The Morgan fingerprint density at radius 2 is 1.62 bits per heavy atom. The van der Waals surface area contributed by atoms with E-state index in [1.807, 2.05) is 56.3 Å². The molecule has 0 fully saturated rings. The lowest BCUT2D eigenvalue weighted by molar-refractivity contribution is -0.128. The number of carbonyl (C=O) groups is 2. The van der Waals surface area contributed by atoms with Gasteiger partial charge in [0.05, 0.1) is 6.54 Å². The zero-order valence-electron chi connectivity index (χ0n) is 15.0. The van der Waals surface area contributed by atoms with Crippen LogP contribution in [-0.4, -0.2) is 36.3 Å². The number of amides is 2. The number of benzene rings is 2. The maximum absolute atomic E-state index is 12.8. The summed E-state index contributed by atoms with van der Waals surface area (Å²) in [6, 6.07) is 16.5. The zero-order chi connectivity index (χ0) is 18.9. The molecule has 6 heteroatoms. The third-order valence-electron chi connectivity index (χ3n) is 4.09. The topological polar surface area (TPSA) is 61.4 Å². The standard InChI is InChI=1S/C20H24BrN3O2/c1-3-24(4-2)19(15-8-6-5-7-9-15)20(26)22-14-18(25)23-17-12-10-16(21)11-13-17/h5-13,19H,3-4,14H2,1-2H3,(H,22,26)(H,23,25). The van der Waals surface area contributed by atoms with Gasteiger partial charge >= 0.3 is 0 Å². The lowest BCUT2D eigenvalue weighted by Gasteiger charge is -2.29. The van der Waals surface area contributed by atoms with Crippen LogP contribution in [0.15, 0.2) is 59.1 Å². The highest BCUT2D eigenvalue weighted by Crippen LogP contribution is 2.20. The van der Waals surface area contributed by atoms with Gasteiger partial charge in [0.15, 0.2) is 0 Å². The quantitative estimate of drug-likeness (QED) is 0.689. The first-order valence-corrected chi connectivity index (χ1v) is 9.46. The molecule has 0 aliphatic rings. The molecular weight excluding hydrogens is 394 g/mol. The van der Waals surface area contributed by atoms with Crippen molar-refractivity contribution in [1.82, 2.24) is 10.2 Å². The molecule has 2 amide bonds. The van der Waals surface area contributed by atoms with Crippen molar-refractivity contribution in [2.45, 2.75) is 19.9 Å². The summed E-state index contributed by atoms with van der Waals surface area (Å²) in [7, 11) is 0. The van der Waals surface area contributed by atoms with Gasteiger partial charge in [0.25, 0.3) is 0 Å². The summed E-state index contributed by atoms with van der Waals surface area (Å²) in [5.41, 5.74) is 1.61. The molecule has 0 saturated heterocycles. The molecule has 0 radical (unpaired) electrons. The van der Waals surface area contributed by atoms with Gasteiger partial charge in [0, 0.05) is 10.2 Å². The van der Waals surface area contributed by atoms with Crippen LogP contribution in [-0.2, 0) is 9.59 Å². The summed E-state index contributed by atoms with van der Waals surface area (Å²) in [6.07, 6.45) is 0. The van der Waals surface area contributed by atoms with Crippen LogP contribution in [0.5, 0.6) is 0 Å². The largest absolute Gasteiger partial charge is 0.345 e. The minimum Gasteiger partial charge on any atom is -0.345 e. The van der Waals surface area contributed by atoms with Crippen molar-refractivity contribution in [1.29, 1.82) is 0 Å². The van der Waals surface area contributed by atoms with Gasteiger partial charge in [-0.2, -0.15) is 0 Å². The predicted octanol–water partition coefficient (Wildman–Crippen LogP) is 3.59. The highest BCUT2D eigenvalue weighted by atomic mass is 79.9. The highest BCUT2D eigenvalue weighted by Gasteiger charge is 2.25. The molecule has 1 atom stereocenters. The van der Waals surface area contributed by atoms with E-state index in [1.54, 1.807) is 12.1 Å². The average Bonchev–Trinajstić information content (AvgIpc) is 2.66. The van der Waals surface area contributed by atoms with E-state index in [0.29, 0.717) is 5.69 Å². The van der Waals surface area contributed by atoms with E-state index in [-0.39, 0.29) is 18.4 Å². The lowest BCUT2D eigenvalue weighted by atomic mass is 10.0. The second-order valence-electron chi connectivity index (χ2n) is 5.81. The molecule has 2 rings (SSSR count). The third-order valence-corrected chi connectivity index (χ3v) is 4.62. The first-order valence-electron chi connectivity index (χ1n) is 8.67. The molecule has 138 valence electrons. The predicted molar refractivity (Wildman–Crippen MR) is 108 cm³/mol. The van der Waals surface area contributed by atoms with Gasteiger partial charge in [0.1, 0.15) is 6.04 Å². The summed E-state index contributed by atoms with van der Waals surface area (Å²) in [6.45, 7) is 5.46. The molecule has 0 saturated carbocycles. The maximum Gasteiger partial charge on any atom is 0.243 e. The fraction of sp³-hybridized carbons (Fsp3) is 0.300. The molecule has 26 heavy (non-hydrogen) atoms. The molecule has 0 aliphatic carbocycles. The summed E-state index contributed by atoms with van der Waals surface area (Å²) < 4.78 is 0.939. The Bertz CT molecular complexity index is 716. The Morgan fingerprint density at radius 1 is 1.00 bits per heavy atom. The van der Waals surface area contributed by atoms with Crippen molar-refractivity contribution in [2.24, 2.45) is 0 Å². The number of nitrogens with one attached hydrogen (secondary N) is 2. The van der Waals surface area contributed by atoms with E-state index in [9.17, 15) is 9.59 Å². The van der Waals surface area contributed by atoms with Crippen LogP contribution in [0.1, 0.15) is 25.5 Å². The lowest BCUT2D eigenvalue weighted by Crippen LogP contribution is -2.43. The smallest absolute Gasteiger partial charge is 0.243 e. The Morgan fingerprint density at radius 3 is 2.19 bits per heavy atom. The minimum absolute atomic E-state index is 0.0699. The molecule has 0 heterocycles. The molecule has 2 aromatic rings. The SMILES string of the molecule is CCN(CC)C(C(=O)NCC(=O)Nc1ccc(Br)cc1)c1ccccc1. The molecule has 0 aromatic heterocycles. The number of carbonyl (C=O) groups excluding carboxylic acids is 2. The van der Waals surface area contributed by atoms with E-state index < -0.39 is 6.04 Å². The van der Waals surface area contributed by atoms with Gasteiger partial charge in [-0.1, -0.05) is 60.1 Å². The average molecular weight is 418 g/mol. The molecule has 5 nitrogen and oxygen atoms in total. The molecule has 2 N–H and O–H groups in total. The second kappa shape index (κ2) is 10.1. The number of hydrogen-bond donors (Lipinski definition) is 2. The van der Waals surface area contributed by atoms with Crippen molar-refractivity contribution in [3.05, 3.63) is 64.6 Å². The van der Waals surface area contributed by atoms with Crippen LogP contribution < -0.4 is 10.6 Å². The number of nitrogens with zero attached hydrogens (tertiary/aromatic N) is 1. The van der Waals surface area contributed by atoms with E-state index in [0.717, 1.165) is 23.1 Å². The Hall–Kier alpha value is -2.18. The number of halogens is 1. The van der Waals surface area contributed by atoms with Crippen molar-refractivity contribution in [3.8, 4) is 0 Å². The van der Waals surface area contributed by atoms with Crippen LogP contribution in [0.3, 0.4) is 0 Å². The van der Waals surface area contributed by atoms with E-state index in [2.05, 4.69) is 31.5 Å². The Kier molecular flexibility index (Phi) is 7.81. The van der Waals surface area contributed by atoms with Gasteiger partial charge in [-0.25, -0.2) is 0 Å². The highest BCUT2D eigenvalue weighted by molar-refractivity contribution is 9.10. The van der Waals surface area contributed by atoms with Crippen LogP contribution in [0.25, 0.3) is 0 Å². The zero-order valence-corrected chi connectivity index (χ0v) is 16.6.